The Morgan fingerprint density at radius 2 is 1.86 bits per heavy atom. The molecule has 3 aliphatic rings. The highest BCUT2D eigenvalue weighted by Crippen LogP contribution is 2.43. The molecular weight excluding hydrogens is 450 g/mol. The third kappa shape index (κ3) is 3.06. The standard InChI is InChI=1S/C25H21N5O5/c1-14-9-10-16(11-20(14)30(34)35)26-24(32)27-13-17-12-21(27)22-23(31)29(25(33)28(17)22)19-8-4-6-15-5-2-3-7-18(15)19/h2-11,17,21-22H,12-13H2,1H3,(H,26,32)/t17-,21?,22+/m1/s1. The molecule has 176 valence electrons. The minimum Gasteiger partial charge on any atom is -0.317 e. The number of nitrogens with one attached hydrogen (secondary N) is 1. The Morgan fingerprint density at radius 1 is 1.09 bits per heavy atom. The summed E-state index contributed by atoms with van der Waals surface area (Å²) in [4.78, 5) is 55.2. The van der Waals surface area contributed by atoms with E-state index in [9.17, 15) is 24.5 Å². The first-order valence-electron chi connectivity index (χ1n) is 11.3. The van der Waals surface area contributed by atoms with Crippen LogP contribution in [0.4, 0.5) is 26.7 Å². The van der Waals surface area contributed by atoms with Gasteiger partial charge in [-0.2, -0.15) is 0 Å². The second kappa shape index (κ2) is 7.52. The fraction of sp³-hybridized carbons (Fsp3) is 0.240. The lowest BCUT2D eigenvalue weighted by Crippen LogP contribution is -2.55. The van der Waals surface area contributed by atoms with Crippen LogP contribution in [0.5, 0.6) is 0 Å². The van der Waals surface area contributed by atoms with Crippen LogP contribution in [0, 0.1) is 17.0 Å². The molecule has 3 fully saturated rings. The number of nitro benzene ring substituents is 1. The van der Waals surface area contributed by atoms with Gasteiger partial charge >= 0.3 is 12.1 Å². The number of carbonyl (C=O) groups excluding carboxylic acids is 3. The molecule has 3 aromatic carbocycles. The lowest BCUT2D eigenvalue weighted by atomic mass is 10.1. The highest BCUT2D eigenvalue weighted by atomic mass is 16.6. The van der Waals surface area contributed by atoms with Crippen molar-refractivity contribution in [1.29, 1.82) is 0 Å². The Morgan fingerprint density at radius 3 is 2.66 bits per heavy atom. The molecule has 35 heavy (non-hydrogen) atoms. The molecule has 3 atom stereocenters. The topological polar surface area (TPSA) is 116 Å². The number of rotatable bonds is 3. The summed E-state index contributed by atoms with van der Waals surface area (Å²) in [5.41, 5.74) is 1.25. The molecule has 0 aliphatic carbocycles. The number of hydrogen-bond acceptors (Lipinski definition) is 5. The van der Waals surface area contributed by atoms with E-state index in [0.717, 1.165) is 10.8 Å². The van der Waals surface area contributed by atoms with Crippen LogP contribution in [0.3, 0.4) is 0 Å². The number of nitrogens with zero attached hydrogens (tertiary/aromatic N) is 4. The normalized spacial score (nSPS) is 22.8. The van der Waals surface area contributed by atoms with Crippen molar-refractivity contribution in [3.8, 4) is 0 Å². The van der Waals surface area contributed by atoms with Gasteiger partial charge in [0.2, 0.25) is 0 Å². The highest BCUT2D eigenvalue weighted by molar-refractivity contribution is 6.25. The van der Waals surface area contributed by atoms with Crippen molar-refractivity contribution >= 4 is 45.8 Å². The first-order chi connectivity index (χ1) is 16.8. The summed E-state index contributed by atoms with van der Waals surface area (Å²) in [7, 11) is 0. The fourth-order valence-corrected chi connectivity index (χ4v) is 5.59. The molecular formula is C25H21N5O5. The average Bonchev–Trinajstić information content (AvgIpc) is 3.51. The second-order valence-electron chi connectivity index (χ2n) is 9.10. The highest BCUT2D eigenvalue weighted by Gasteiger charge is 2.63. The zero-order chi connectivity index (χ0) is 24.4. The van der Waals surface area contributed by atoms with E-state index in [1.807, 2.05) is 36.4 Å². The monoisotopic (exact) mass is 471 g/mol. The van der Waals surface area contributed by atoms with Gasteiger partial charge in [0.1, 0.15) is 6.04 Å². The summed E-state index contributed by atoms with van der Waals surface area (Å²) < 4.78 is 0. The van der Waals surface area contributed by atoms with Gasteiger partial charge in [0, 0.05) is 29.2 Å². The van der Waals surface area contributed by atoms with E-state index in [1.54, 1.807) is 34.9 Å². The first kappa shape index (κ1) is 21.1. The van der Waals surface area contributed by atoms with Crippen molar-refractivity contribution < 1.29 is 19.3 Å². The molecule has 6 rings (SSSR count). The number of carbonyl (C=O) groups is 3. The van der Waals surface area contributed by atoms with E-state index in [4.69, 9.17) is 0 Å². The van der Waals surface area contributed by atoms with Crippen LogP contribution < -0.4 is 10.2 Å². The Bertz CT molecular complexity index is 1430. The summed E-state index contributed by atoms with van der Waals surface area (Å²) in [6.07, 6.45) is 0.521. The fourth-order valence-electron chi connectivity index (χ4n) is 5.59. The molecule has 2 bridgehead atoms. The minimum atomic E-state index is -0.752. The molecule has 10 nitrogen and oxygen atoms in total. The molecule has 3 aromatic rings. The number of likely N-dealkylation sites (tertiary alicyclic amines) is 1. The first-order valence-corrected chi connectivity index (χ1v) is 11.3. The molecule has 5 amide bonds. The molecule has 1 unspecified atom stereocenters. The zero-order valence-corrected chi connectivity index (χ0v) is 18.7. The predicted octanol–water partition coefficient (Wildman–Crippen LogP) is 3.88. The van der Waals surface area contributed by atoms with Crippen LogP contribution in [0.15, 0.2) is 60.7 Å². The number of urea groups is 2. The maximum Gasteiger partial charge on any atom is 0.332 e. The maximum absolute atomic E-state index is 13.5. The van der Waals surface area contributed by atoms with Gasteiger partial charge < -0.3 is 15.1 Å². The number of benzene rings is 3. The van der Waals surface area contributed by atoms with Gasteiger partial charge in [0.05, 0.1) is 22.7 Å². The third-order valence-corrected chi connectivity index (χ3v) is 7.19. The lowest BCUT2D eigenvalue weighted by Gasteiger charge is -2.34. The van der Waals surface area contributed by atoms with E-state index in [1.165, 1.54) is 11.0 Å². The molecule has 1 N–H and O–H groups in total. The van der Waals surface area contributed by atoms with E-state index >= 15 is 0 Å². The number of hydrogen-bond donors (Lipinski definition) is 1. The minimum absolute atomic E-state index is 0.0841. The molecule has 0 aromatic heterocycles. The number of nitro groups is 1. The summed E-state index contributed by atoms with van der Waals surface area (Å²) in [5, 5.41) is 15.7. The number of anilines is 2. The van der Waals surface area contributed by atoms with Crippen molar-refractivity contribution in [2.75, 3.05) is 16.8 Å². The number of aryl methyl sites for hydroxylation is 1. The molecule has 10 heteroatoms. The second-order valence-corrected chi connectivity index (χ2v) is 9.10. The average molecular weight is 471 g/mol. The maximum atomic E-state index is 13.5. The third-order valence-electron chi connectivity index (χ3n) is 7.19. The summed E-state index contributed by atoms with van der Waals surface area (Å²) >= 11 is 0. The summed E-state index contributed by atoms with van der Waals surface area (Å²) in [6.45, 7) is 1.92. The lowest BCUT2D eigenvalue weighted by molar-refractivity contribution is -0.385. The van der Waals surface area contributed by atoms with Crippen LogP contribution in [0.1, 0.15) is 12.0 Å². The van der Waals surface area contributed by atoms with Gasteiger partial charge in [0.25, 0.3) is 11.6 Å². The molecule has 0 saturated carbocycles. The van der Waals surface area contributed by atoms with Crippen molar-refractivity contribution in [1.82, 2.24) is 9.80 Å². The van der Waals surface area contributed by atoms with E-state index in [-0.39, 0.29) is 23.7 Å². The number of fused-ring (bicyclic) bond motifs is 6. The predicted molar refractivity (Wildman–Crippen MR) is 128 cm³/mol. The SMILES string of the molecule is Cc1ccc(NC(=O)N2C[C@H]3CC2[C@H]2C(=O)N(c4cccc5ccccc45)C(=O)N32)cc1[N+](=O)[O-]. The van der Waals surface area contributed by atoms with Crippen molar-refractivity contribution in [2.45, 2.75) is 31.5 Å². The van der Waals surface area contributed by atoms with Gasteiger partial charge in [-0.1, -0.05) is 42.5 Å². The number of amides is 5. The van der Waals surface area contributed by atoms with Gasteiger partial charge in [0.15, 0.2) is 0 Å². The summed E-state index contributed by atoms with van der Waals surface area (Å²) in [5.74, 6) is -0.345. The Kier molecular flexibility index (Phi) is 4.53. The smallest absolute Gasteiger partial charge is 0.317 e. The largest absolute Gasteiger partial charge is 0.332 e. The van der Waals surface area contributed by atoms with Crippen LogP contribution in [-0.4, -0.2) is 57.4 Å². The van der Waals surface area contributed by atoms with Gasteiger partial charge in [-0.05, 0) is 30.9 Å². The Balaban J connectivity index is 1.27. The van der Waals surface area contributed by atoms with Crippen LogP contribution in [0.25, 0.3) is 10.8 Å². The van der Waals surface area contributed by atoms with Gasteiger partial charge in [-0.3, -0.25) is 14.9 Å². The number of piperazine rings is 1. The molecule has 3 saturated heterocycles. The van der Waals surface area contributed by atoms with Crippen molar-refractivity contribution in [2.24, 2.45) is 0 Å². The van der Waals surface area contributed by atoms with E-state index < -0.39 is 23.0 Å². The van der Waals surface area contributed by atoms with Crippen LogP contribution >= 0.6 is 0 Å². The zero-order valence-electron chi connectivity index (χ0n) is 18.7. The van der Waals surface area contributed by atoms with Crippen molar-refractivity contribution in [3.63, 3.8) is 0 Å². The number of imide groups is 1. The van der Waals surface area contributed by atoms with Crippen molar-refractivity contribution in [3.05, 3.63) is 76.3 Å². The van der Waals surface area contributed by atoms with E-state index in [2.05, 4.69) is 5.32 Å². The molecule has 3 aliphatic heterocycles. The Hall–Kier alpha value is -4.47. The molecule has 0 radical (unpaired) electrons. The quantitative estimate of drug-likeness (QED) is 0.354. The van der Waals surface area contributed by atoms with Crippen LogP contribution in [0.2, 0.25) is 0 Å². The van der Waals surface area contributed by atoms with Gasteiger partial charge in [-0.25, -0.2) is 14.5 Å². The van der Waals surface area contributed by atoms with Gasteiger partial charge in [-0.15, -0.1) is 0 Å². The molecule has 3 heterocycles. The van der Waals surface area contributed by atoms with E-state index in [0.29, 0.717) is 29.9 Å². The van der Waals surface area contributed by atoms with Crippen LogP contribution in [-0.2, 0) is 4.79 Å². The summed E-state index contributed by atoms with van der Waals surface area (Å²) in [6, 6.07) is 15.3. The molecule has 0 spiro atoms. The Labute approximate surface area is 199 Å².